The van der Waals surface area contributed by atoms with Crippen molar-refractivity contribution in [2.24, 2.45) is 0 Å². The first-order valence-electron chi connectivity index (χ1n) is 21.0. The fraction of sp³-hybridized carbons (Fsp3) is 0.605. The molecule has 1 atom stereocenters. The summed E-state index contributed by atoms with van der Waals surface area (Å²) in [6.45, 7) is 9.12. The van der Waals surface area contributed by atoms with E-state index in [0.717, 1.165) is 23.5 Å². The summed E-state index contributed by atoms with van der Waals surface area (Å²) in [5, 5.41) is 4.91. The summed E-state index contributed by atoms with van der Waals surface area (Å²) in [5.74, 6) is -1.89. The van der Waals surface area contributed by atoms with Crippen LogP contribution < -0.4 is 15.4 Å². The zero-order valence-electron chi connectivity index (χ0n) is 34.9. The molecular formula is C43H61N3O15. The van der Waals surface area contributed by atoms with Crippen molar-refractivity contribution in [3.05, 3.63) is 59.7 Å². The van der Waals surface area contributed by atoms with Crippen LogP contribution in [0.1, 0.15) is 59.2 Å². The Bertz CT molecular complexity index is 1600. The highest BCUT2D eigenvalue weighted by atomic mass is 16.6. The molecule has 1 saturated heterocycles. The van der Waals surface area contributed by atoms with E-state index in [1.165, 1.54) is 6.07 Å². The lowest BCUT2D eigenvalue weighted by Gasteiger charge is -2.27. The fourth-order valence-electron chi connectivity index (χ4n) is 6.09. The number of nitrogens with one attached hydrogen (secondary N) is 2. The van der Waals surface area contributed by atoms with Gasteiger partial charge in [-0.1, -0.05) is 30.7 Å². The number of hydrogen-bond acceptors (Lipinski definition) is 15. The van der Waals surface area contributed by atoms with Gasteiger partial charge < -0.3 is 52.7 Å². The summed E-state index contributed by atoms with van der Waals surface area (Å²) in [4.78, 5) is 63.6. The monoisotopic (exact) mass is 859 g/mol. The first-order chi connectivity index (χ1) is 30.0. The second-order valence-electron chi connectivity index (χ2n) is 13.7. The van der Waals surface area contributed by atoms with Gasteiger partial charge in [0.15, 0.2) is 0 Å². The van der Waals surface area contributed by atoms with Crippen molar-refractivity contribution in [1.29, 1.82) is 0 Å². The number of carbonyl (C=O) groups excluding carboxylic acids is 5. The van der Waals surface area contributed by atoms with Crippen molar-refractivity contribution in [2.75, 3.05) is 131 Å². The zero-order chi connectivity index (χ0) is 43.2. The lowest BCUT2D eigenvalue weighted by molar-refractivity contribution is -0.136. The molecule has 61 heavy (non-hydrogen) atoms. The highest BCUT2D eigenvalue weighted by Gasteiger charge is 2.45. The van der Waals surface area contributed by atoms with E-state index in [1.54, 1.807) is 12.1 Å². The van der Waals surface area contributed by atoms with Gasteiger partial charge in [0.05, 0.1) is 129 Å². The van der Waals surface area contributed by atoms with Crippen molar-refractivity contribution in [2.45, 2.75) is 44.6 Å². The molecule has 18 heteroatoms. The van der Waals surface area contributed by atoms with Crippen LogP contribution in [0.4, 0.5) is 5.69 Å². The van der Waals surface area contributed by atoms with E-state index < -0.39 is 29.7 Å². The lowest BCUT2D eigenvalue weighted by atomic mass is 10.0. The number of amides is 5. The van der Waals surface area contributed by atoms with E-state index in [0.29, 0.717) is 132 Å². The molecule has 1 unspecified atom stereocenters. The molecule has 2 aromatic rings. The number of unbranched alkanes of at least 4 members (excludes halogenated alkanes) is 2. The number of fused-ring (bicyclic) bond motifs is 1. The predicted octanol–water partition coefficient (Wildman–Crippen LogP) is 2.82. The van der Waals surface area contributed by atoms with Crippen LogP contribution in [0.2, 0.25) is 0 Å². The summed E-state index contributed by atoms with van der Waals surface area (Å²) in [5.41, 5.74) is 0.381. The smallest absolute Gasteiger partial charge is 0.264 e. The van der Waals surface area contributed by atoms with Crippen LogP contribution >= 0.6 is 0 Å². The third-order valence-corrected chi connectivity index (χ3v) is 9.15. The van der Waals surface area contributed by atoms with Crippen molar-refractivity contribution in [1.82, 2.24) is 10.2 Å². The molecule has 2 aliphatic rings. The van der Waals surface area contributed by atoms with Crippen LogP contribution in [-0.2, 0) is 57.0 Å². The summed E-state index contributed by atoms with van der Waals surface area (Å²) < 4.78 is 55.1. The molecule has 5 amide bonds. The Labute approximate surface area is 357 Å². The van der Waals surface area contributed by atoms with Crippen LogP contribution in [0.3, 0.4) is 0 Å². The Balaban J connectivity index is 0.827. The van der Waals surface area contributed by atoms with E-state index in [9.17, 15) is 24.0 Å². The molecule has 0 aliphatic carbocycles. The summed E-state index contributed by atoms with van der Waals surface area (Å²) in [7, 11) is 0. The number of ether oxygens (including phenoxy) is 10. The molecule has 338 valence electrons. The highest BCUT2D eigenvalue weighted by Crippen LogP contribution is 2.32. The lowest BCUT2D eigenvalue weighted by Crippen LogP contribution is -2.54. The molecule has 0 saturated carbocycles. The minimum absolute atomic E-state index is 0.0277. The molecule has 4 rings (SSSR count). The number of anilines is 1. The predicted molar refractivity (Wildman–Crippen MR) is 220 cm³/mol. The number of benzene rings is 2. The van der Waals surface area contributed by atoms with E-state index in [-0.39, 0.29) is 42.0 Å². The van der Waals surface area contributed by atoms with Gasteiger partial charge in [0, 0.05) is 19.4 Å². The van der Waals surface area contributed by atoms with Gasteiger partial charge in [-0.2, -0.15) is 0 Å². The minimum atomic E-state index is -1.07. The maximum Gasteiger partial charge on any atom is 0.264 e. The second kappa shape index (κ2) is 30.6. The van der Waals surface area contributed by atoms with Gasteiger partial charge in [-0.15, -0.1) is 0 Å². The molecule has 18 nitrogen and oxygen atoms in total. The Kier molecular flexibility index (Phi) is 24.7. The average molecular weight is 860 g/mol. The van der Waals surface area contributed by atoms with Gasteiger partial charge in [0.1, 0.15) is 18.4 Å². The number of hydrogen-bond donors (Lipinski definition) is 2. The van der Waals surface area contributed by atoms with Gasteiger partial charge in [-0.05, 0) is 43.5 Å². The van der Waals surface area contributed by atoms with Gasteiger partial charge in [-0.3, -0.25) is 34.2 Å². The quantitative estimate of drug-likeness (QED) is 0.0747. The fourth-order valence-corrected chi connectivity index (χ4v) is 6.09. The zero-order valence-corrected chi connectivity index (χ0v) is 34.9. The average Bonchev–Trinajstić information content (AvgIpc) is 3.51. The molecule has 2 aromatic carbocycles. The Morgan fingerprint density at radius 2 is 1.05 bits per heavy atom. The molecule has 2 heterocycles. The first-order valence-corrected chi connectivity index (χ1v) is 21.0. The summed E-state index contributed by atoms with van der Waals surface area (Å²) in [6.07, 6.45) is 2.45. The van der Waals surface area contributed by atoms with Crippen LogP contribution in [0, 0.1) is 0 Å². The number of rotatable bonds is 36. The van der Waals surface area contributed by atoms with Crippen molar-refractivity contribution in [3.63, 3.8) is 0 Å². The molecule has 0 radical (unpaired) electrons. The van der Waals surface area contributed by atoms with Crippen molar-refractivity contribution >= 4 is 35.2 Å². The second-order valence-corrected chi connectivity index (χ2v) is 13.7. The Morgan fingerprint density at radius 3 is 1.56 bits per heavy atom. The van der Waals surface area contributed by atoms with Gasteiger partial charge in [-0.25, -0.2) is 0 Å². The number of piperidine rings is 1. The third kappa shape index (κ3) is 19.5. The number of imide groups is 2. The molecule has 0 bridgehead atoms. The molecule has 2 aliphatic heterocycles. The van der Waals surface area contributed by atoms with Gasteiger partial charge >= 0.3 is 0 Å². The standard InChI is InChI=1S/C43H61N3O15/c47-38(44-36-11-7-10-35-40(36)43(51)46(42(35)50)37-13-14-39(48)45-41(37)49)12-5-2-6-15-52-16-17-53-18-19-54-20-21-55-22-23-56-24-25-57-26-27-58-28-29-59-30-31-60-32-33-61-34-8-3-1-4-9-34/h1,3-4,7-11,37H,2,5-6,12-33H2,(H,44,47)(H,45,48,49). The molecular weight excluding hydrogens is 798 g/mol. The molecule has 2 N–H and O–H groups in total. The Hall–Kier alpha value is -4.37. The number of nitrogens with zero attached hydrogens (tertiary/aromatic N) is 1. The van der Waals surface area contributed by atoms with E-state index in [1.807, 2.05) is 30.3 Å². The topological polar surface area (TPSA) is 205 Å². The van der Waals surface area contributed by atoms with Gasteiger partial charge in [0.25, 0.3) is 11.8 Å². The summed E-state index contributed by atoms with van der Waals surface area (Å²) in [6, 6.07) is 13.2. The van der Waals surface area contributed by atoms with Crippen LogP contribution in [0.25, 0.3) is 0 Å². The van der Waals surface area contributed by atoms with Crippen molar-refractivity contribution < 1.29 is 71.3 Å². The van der Waals surface area contributed by atoms with Crippen LogP contribution in [0.5, 0.6) is 5.75 Å². The third-order valence-electron chi connectivity index (χ3n) is 9.15. The molecule has 1 fully saturated rings. The first kappa shape index (κ1) is 49.3. The number of carbonyl (C=O) groups is 5. The van der Waals surface area contributed by atoms with E-state index in [4.69, 9.17) is 47.4 Å². The SMILES string of the molecule is O=C1CCC(N2C(=O)c3cccc(NC(=O)CCCCCOCCOCCOCCOCCOCCOCCOCCOCCOCCOc4ccccc4)c3C2=O)C(=O)N1. The maximum atomic E-state index is 13.2. The normalized spacial score (nSPS) is 15.0. The van der Waals surface area contributed by atoms with Crippen LogP contribution in [-0.4, -0.2) is 166 Å². The highest BCUT2D eigenvalue weighted by molar-refractivity contribution is 6.26. The molecule has 0 aromatic heterocycles. The number of para-hydroxylation sites is 1. The van der Waals surface area contributed by atoms with Gasteiger partial charge in [0.2, 0.25) is 17.7 Å². The Morgan fingerprint density at radius 1 is 0.557 bits per heavy atom. The maximum absolute atomic E-state index is 13.2. The van der Waals surface area contributed by atoms with Crippen molar-refractivity contribution in [3.8, 4) is 5.75 Å². The summed E-state index contributed by atoms with van der Waals surface area (Å²) >= 11 is 0. The van der Waals surface area contributed by atoms with E-state index in [2.05, 4.69) is 10.6 Å². The van der Waals surface area contributed by atoms with E-state index >= 15 is 0 Å². The van der Waals surface area contributed by atoms with Crippen LogP contribution in [0.15, 0.2) is 48.5 Å². The largest absolute Gasteiger partial charge is 0.491 e. The minimum Gasteiger partial charge on any atom is -0.491 e. The molecule has 0 spiro atoms.